The van der Waals surface area contributed by atoms with Crippen LogP contribution in [0.1, 0.15) is 20.3 Å². The molecule has 0 spiro atoms. The Labute approximate surface area is 92.7 Å². The minimum absolute atomic E-state index is 0.0150. The second-order valence-corrected chi connectivity index (χ2v) is 4.21. The molecule has 0 saturated heterocycles. The average Bonchev–Trinajstić information content (AvgIpc) is 2.18. The van der Waals surface area contributed by atoms with Crippen molar-refractivity contribution < 1.29 is 20.1 Å². The molecule has 0 aliphatic rings. The largest absolute Gasteiger partial charge is 0.396 e. The highest BCUT2D eigenvalue weighted by Crippen LogP contribution is 2.15. The number of hydrogen-bond donors (Lipinski definition) is 3. The Balaban J connectivity index is 3.81. The molecule has 0 aliphatic heterocycles. The highest BCUT2D eigenvalue weighted by molar-refractivity contribution is 6.11. The third-order valence-electron chi connectivity index (χ3n) is 2.52. The van der Waals surface area contributed by atoms with Crippen LogP contribution in [0.5, 0.6) is 0 Å². The molecule has 5 heteroatoms. The molecule has 0 heterocycles. The predicted molar refractivity (Wildman–Crippen MR) is 58.9 cm³/mol. The van der Waals surface area contributed by atoms with Gasteiger partial charge in [0.2, 0.25) is 0 Å². The standard InChI is InChI=1S/C10H21BO4/c1-8(9(2)11)5-15-7-10(14,6-13)3-4-12/h8-9,12-14H,3-7H2,1-2H3/t8-,9-,10+/m1/s1. The van der Waals surface area contributed by atoms with Crippen molar-refractivity contribution in [2.45, 2.75) is 31.7 Å². The molecule has 0 bridgehead atoms. The maximum Gasteiger partial charge on any atom is 0.113 e. The van der Waals surface area contributed by atoms with E-state index in [-0.39, 0.29) is 31.4 Å². The Morgan fingerprint density at radius 3 is 2.33 bits per heavy atom. The van der Waals surface area contributed by atoms with Crippen LogP contribution in [0.3, 0.4) is 0 Å². The van der Waals surface area contributed by atoms with Gasteiger partial charge >= 0.3 is 0 Å². The highest BCUT2D eigenvalue weighted by Gasteiger charge is 2.26. The lowest BCUT2D eigenvalue weighted by atomic mass is 9.79. The lowest BCUT2D eigenvalue weighted by Gasteiger charge is -2.26. The van der Waals surface area contributed by atoms with Gasteiger partial charge in [0.1, 0.15) is 5.60 Å². The molecular formula is C10H21BO4. The minimum atomic E-state index is -1.34. The lowest BCUT2D eigenvalue weighted by Crippen LogP contribution is -2.40. The summed E-state index contributed by atoms with van der Waals surface area (Å²) in [4.78, 5) is 0. The van der Waals surface area contributed by atoms with Crippen molar-refractivity contribution in [3.05, 3.63) is 0 Å². The van der Waals surface area contributed by atoms with E-state index in [2.05, 4.69) is 0 Å². The van der Waals surface area contributed by atoms with Crippen LogP contribution in [-0.2, 0) is 4.74 Å². The third kappa shape index (κ3) is 6.15. The van der Waals surface area contributed by atoms with Gasteiger partial charge in [-0.05, 0) is 5.92 Å². The maximum atomic E-state index is 9.71. The van der Waals surface area contributed by atoms with Gasteiger partial charge in [0.15, 0.2) is 0 Å². The zero-order valence-electron chi connectivity index (χ0n) is 9.52. The summed E-state index contributed by atoms with van der Waals surface area (Å²) in [5.74, 6) is 0.229. The van der Waals surface area contributed by atoms with Crippen molar-refractivity contribution in [2.75, 3.05) is 26.4 Å². The topological polar surface area (TPSA) is 69.9 Å². The van der Waals surface area contributed by atoms with Gasteiger partial charge < -0.3 is 20.1 Å². The van der Waals surface area contributed by atoms with E-state index in [1.807, 2.05) is 13.8 Å². The molecule has 0 aromatic carbocycles. The molecule has 0 rings (SSSR count). The zero-order chi connectivity index (χ0) is 11.9. The first-order chi connectivity index (χ1) is 6.95. The van der Waals surface area contributed by atoms with Gasteiger partial charge in [-0.25, -0.2) is 0 Å². The smallest absolute Gasteiger partial charge is 0.113 e. The van der Waals surface area contributed by atoms with E-state index < -0.39 is 12.2 Å². The summed E-state index contributed by atoms with van der Waals surface area (Å²) in [6, 6.07) is 0. The first kappa shape index (κ1) is 14.9. The van der Waals surface area contributed by atoms with Crippen LogP contribution in [0.4, 0.5) is 0 Å². The molecule has 4 nitrogen and oxygen atoms in total. The van der Waals surface area contributed by atoms with Crippen LogP contribution in [0.15, 0.2) is 0 Å². The molecule has 88 valence electrons. The van der Waals surface area contributed by atoms with Crippen LogP contribution in [-0.4, -0.2) is 55.2 Å². The lowest BCUT2D eigenvalue weighted by molar-refractivity contribution is -0.0928. The monoisotopic (exact) mass is 216 g/mol. The van der Waals surface area contributed by atoms with Crippen LogP contribution < -0.4 is 0 Å². The summed E-state index contributed by atoms with van der Waals surface area (Å²) < 4.78 is 5.26. The quantitative estimate of drug-likeness (QED) is 0.488. The van der Waals surface area contributed by atoms with Crippen molar-refractivity contribution in [1.82, 2.24) is 0 Å². The van der Waals surface area contributed by atoms with Gasteiger partial charge in [0.25, 0.3) is 0 Å². The van der Waals surface area contributed by atoms with Crippen molar-refractivity contribution in [1.29, 1.82) is 0 Å². The van der Waals surface area contributed by atoms with Gasteiger partial charge in [-0.3, -0.25) is 0 Å². The number of aliphatic hydroxyl groups is 3. The zero-order valence-corrected chi connectivity index (χ0v) is 9.52. The van der Waals surface area contributed by atoms with E-state index in [0.29, 0.717) is 6.61 Å². The van der Waals surface area contributed by atoms with Crippen LogP contribution in [0.2, 0.25) is 5.82 Å². The Kier molecular flexibility index (Phi) is 7.18. The summed E-state index contributed by atoms with van der Waals surface area (Å²) in [5, 5.41) is 27.3. The van der Waals surface area contributed by atoms with Crippen molar-refractivity contribution in [3.8, 4) is 0 Å². The molecule has 0 unspecified atom stereocenters. The van der Waals surface area contributed by atoms with E-state index in [4.69, 9.17) is 22.8 Å². The SMILES string of the molecule is [B][C@H](C)[C@H](C)COC[C@@](O)(CO)CCO. The van der Waals surface area contributed by atoms with Crippen LogP contribution in [0.25, 0.3) is 0 Å². The van der Waals surface area contributed by atoms with E-state index in [9.17, 15) is 5.11 Å². The van der Waals surface area contributed by atoms with Gasteiger partial charge in [-0.1, -0.05) is 19.7 Å². The second-order valence-electron chi connectivity index (χ2n) is 4.21. The summed E-state index contributed by atoms with van der Waals surface area (Å²) in [7, 11) is 5.65. The molecule has 15 heavy (non-hydrogen) atoms. The molecule has 0 aromatic rings. The fraction of sp³-hybridized carbons (Fsp3) is 1.00. The average molecular weight is 216 g/mol. The van der Waals surface area contributed by atoms with E-state index in [0.717, 1.165) is 0 Å². The maximum absolute atomic E-state index is 9.71. The van der Waals surface area contributed by atoms with Crippen LogP contribution >= 0.6 is 0 Å². The number of rotatable bonds is 8. The van der Waals surface area contributed by atoms with Crippen molar-refractivity contribution in [2.24, 2.45) is 5.92 Å². The molecule has 0 aliphatic carbocycles. The summed E-state index contributed by atoms with van der Waals surface area (Å²) in [5.41, 5.74) is -1.34. The van der Waals surface area contributed by atoms with E-state index in [1.54, 1.807) is 0 Å². The number of aliphatic hydroxyl groups excluding tert-OH is 2. The molecule has 3 N–H and O–H groups in total. The first-order valence-corrected chi connectivity index (χ1v) is 5.22. The van der Waals surface area contributed by atoms with Crippen molar-refractivity contribution in [3.63, 3.8) is 0 Å². The summed E-state index contributed by atoms with van der Waals surface area (Å²) >= 11 is 0. The molecule has 0 saturated carbocycles. The third-order valence-corrected chi connectivity index (χ3v) is 2.52. The van der Waals surface area contributed by atoms with Gasteiger partial charge in [-0.15, -0.1) is 0 Å². The summed E-state index contributed by atoms with van der Waals surface area (Å²) in [6.45, 7) is 3.70. The van der Waals surface area contributed by atoms with E-state index >= 15 is 0 Å². The molecular weight excluding hydrogens is 195 g/mol. The Morgan fingerprint density at radius 2 is 1.93 bits per heavy atom. The van der Waals surface area contributed by atoms with Gasteiger partial charge in [0.05, 0.1) is 21.1 Å². The Morgan fingerprint density at radius 1 is 1.33 bits per heavy atom. The van der Waals surface area contributed by atoms with E-state index in [1.165, 1.54) is 0 Å². The normalized spacial score (nSPS) is 19.5. The Bertz CT molecular complexity index is 166. The molecule has 0 amide bonds. The fourth-order valence-corrected chi connectivity index (χ4v) is 0.992. The predicted octanol–water partition coefficient (Wildman–Crippen LogP) is -0.278. The molecule has 3 atom stereocenters. The van der Waals surface area contributed by atoms with Gasteiger partial charge in [0, 0.05) is 19.6 Å². The highest BCUT2D eigenvalue weighted by atomic mass is 16.5. The fourth-order valence-electron chi connectivity index (χ4n) is 0.992. The van der Waals surface area contributed by atoms with Crippen LogP contribution in [0, 0.1) is 5.92 Å². The van der Waals surface area contributed by atoms with Gasteiger partial charge in [-0.2, -0.15) is 0 Å². The Hall–Kier alpha value is -0.0951. The molecule has 0 fully saturated rings. The molecule has 2 radical (unpaired) electrons. The minimum Gasteiger partial charge on any atom is -0.396 e. The second kappa shape index (κ2) is 7.22. The first-order valence-electron chi connectivity index (χ1n) is 5.22. The van der Waals surface area contributed by atoms with Crippen molar-refractivity contribution >= 4 is 7.85 Å². The molecule has 0 aromatic heterocycles. The summed E-state index contributed by atoms with van der Waals surface area (Å²) in [6.07, 6.45) is 0.107. The number of ether oxygens (including phenoxy) is 1. The number of hydrogen-bond acceptors (Lipinski definition) is 4.